The van der Waals surface area contributed by atoms with Crippen molar-refractivity contribution in [2.45, 2.75) is 12.5 Å². The van der Waals surface area contributed by atoms with E-state index < -0.39 is 11.9 Å². The standard InChI is InChI=1S/C9H12N2O3/c10-5-7(9(12)13)6-1-2-11-3-4-14-8(6)11/h1-2,7H,3-5,10H2,(H,12,13). The second kappa shape index (κ2) is 3.34. The third kappa shape index (κ3) is 1.26. The van der Waals surface area contributed by atoms with Gasteiger partial charge in [0.25, 0.3) is 0 Å². The molecule has 1 aromatic heterocycles. The molecule has 5 heteroatoms. The lowest BCUT2D eigenvalue weighted by Crippen LogP contribution is -2.21. The van der Waals surface area contributed by atoms with E-state index >= 15 is 0 Å². The molecule has 2 rings (SSSR count). The van der Waals surface area contributed by atoms with Crippen LogP contribution in [-0.4, -0.2) is 28.8 Å². The Morgan fingerprint density at radius 3 is 3.21 bits per heavy atom. The van der Waals surface area contributed by atoms with Gasteiger partial charge in [-0.25, -0.2) is 0 Å². The van der Waals surface area contributed by atoms with Crippen LogP contribution in [0.3, 0.4) is 0 Å². The van der Waals surface area contributed by atoms with E-state index in [2.05, 4.69) is 0 Å². The molecule has 2 heterocycles. The molecule has 0 saturated heterocycles. The molecule has 5 nitrogen and oxygen atoms in total. The third-order valence-electron chi connectivity index (χ3n) is 2.42. The third-order valence-corrected chi connectivity index (χ3v) is 2.42. The van der Waals surface area contributed by atoms with Crippen molar-refractivity contribution in [3.8, 4) is 5.88 Å². The first-order valence-electron chi connectivity index (χ1n) is 4.48. The number of nitrogens with two attached hydrogens (primary N) is 1. The van der Waals surface area contributed by atoms with Crippen molar-refractivity contribution in [3.05, 3.63) is 17.8 Å². The molecule has 0 amide bonds. The number of carboxylic acids is 1. The van der Waals surface area contributed by atoms with Crippen LogP contribution in [0.15, 0.2) is 12.3 Å². The average Bonchev–Trinajstić information content (AvgIpc) is 2.69. The lowest BCUT2D eigenvalue weighted by Gasteiger charge is -2.09. The van der Waals surface area contributed by atoms with E-state index in [9.17, 15) is 4.79 Å². The van der Waals surface area contributed by atoms with Crippen LogP contribution in [0.4, 0.5) is 0 Å². The van der Waals surface area contributed by atoms with E-state index in [1.54, 1.807) is 6.07 Å². The number of carbonyl (C=O) groups is 1. The van der Waals surface area contributed by atoms with Gasteiger partial charge >= 0.3 is 5.97 Å². The molecule has 1 aliphatic rings. The molecule has 1 aliphatic heterocycles. The van der Waals surface area contributed by atoms with Crippen molar-refractivity contribution in [2.75, 3.05) is 13.2 Å². The molecule has 76 valence electrons. The summed E-state index contributed by atoms with van der Waals surface area (Å²) in [5.74, 6) is -0.913. The van der Waals surface area contributed by atoms with Crippen molar-refractivity contribution in [3.63, 3.8) is 0 Å². The fourth-order valence-corrected chi connectivity index (χ4v) is 1.68. The van der Waals surface area contributed by atoms with Crippen molar-refractivity contribution >= 4 is 5.97 Å². The molecule has 0 radical (unpaired) electrons. The number of aliphatic carboxylic acids is 1. The molecular formula is C9H12N2O3. The van der Waals surface area contributed by atoms with Gasteiger partial charge in [0.1, 0.15) is 6.61 Å². The minimum Gasteiger partial charge on any atom is -0.481 e. The van der Waals surface area contributed by atoms with Crippen molar-refractivity contribution < 1.29 is 14.6 Å². The first-order valence-corrected chi connectivity index (χ1v) is 4.48. The van der Waals surface area contributed by atoms with E-state index in [4.69, 9.17) is 15.6 Å². The molecule has 0 saturated carbocycles. The molecule has 3 N–H and O–H groups in total. The fraction of sp³-hybridized carbons (Fsp3) is 0.444. The highest BCUT2D eigenvalue weighted by Crippen LogP contribution is 2.30. The number of carboxylic acid groups (broad SMARTS) is 1. The highest BCUT2D eigenvalue weighted by Gasteiger charge is 2.26. The number of hydrogen-bond donors (Lipinski definition) is 2. The highest BCUT2D eigenvalue weighted by molar-refractivity contribution is 5.77. The molecule has 1 atom stereocenters. The maximum absolute atomic E-state index is 10.9. The molecular weight excluding hydrogens is 184 g/mol. The molecule has 1 aromatic rings. The van der Waals surface area contributed by atoms with Gasteiger partial charge in [0.2, 0.25) is 0 Å². The normalized spacial score (nSPS) is 16.1. The zero-order valence-corrected chi connectivity index (χ0v) is 7.64. The summed E-state index contributed by atoms with van der Waals surface area (Å²) < 4.78 is 7.25. The van der Waals surface area contributed by atoms with Crippen LogP contribution >= 0.6 is 0 Å². The van der Waals surface area contributed by atoms with Crippen LogP contribution in [0.5, 0.6) is 5.88 Å². The van der Waals surface area contributed by atoms with Crippen LogP contribution in [0.1, 0.15) is 11.5 Å². The van der Waals surface area contributed by atoms with Crippen molar-refractivity contribution in [1.29, 1.82) is 0 Å². The van der Waals surface area contributed by atoms with Gasteiger partial charge in [-0.1, -0.05) is 0 Å². The Labute approximate surface area is 81.1 Å². The number of hydrogen-bond acceptors (Lipinski definition) is 3. The largest absolute Gasteiger partial charge is 0.481 e. The highest BCUT2D eigenvalue weighted by atomic mass is 16.5. The van der Waals surface area contributed by atoms with Gasteiger partial charge in [-0.2, -0.15) is 0 Å². The second-order valence-corrected chi connectivity index (χ2v) is 3.24. The monoisotopic (exact) mass is 196 g/mol. The summed E-state index contributed by atoms with van der Waals surface area (Å²) in [5, 5.41) is 8.93. The molecule has 0 spiro atoms. The summed E-state index contributed by atoms with van der Waals surface area (Å²) in [6, 6.07) is 1.76. The summed E-state index contributed by atoms with van der Waals surface area (Å²) in [7, 11) is 0. The van der Waals surface area contributed by atoms with E-state index in [0.29, 0.717) is 18.1 Å². The lowest BCUT2D eigenvalue weighted by atomic mass is 10.0. The van der Waals surface area contributed by atoms with Crippen LogP contribution in [-0.2, 0) is 11.3 Å². The molecule has 0 aromatic carbocycles. The Balaban J connectivity index is 2.35. The molecule has 0 bridgehead atoms. The van der Waals surface area contributed by atoms with Gasteiger partial charge in [0.05, 0.1) is 12.5 Å². The Morgan fingerprint density at radius 1 is 1.79 bits per heavy atom. The first kappa shape index (κ1) is 9.08. The minimum absolute atomic E-state index is 0.0930. The van der Waals surface area contributed by atoms with Crippen LogP contribution < -0.4 is 10.5 Å². The summed E-state index contributed by atoms with van der Waals surface area (Å²) in [6.07, 6.45) is 1.84. The first-order chi connectivity index (χ1) is 6.74. The molecule has 0 aliphatic carbocycles. The Kier molecular flexibility index (Phi) is 2.17. The Morgan fingerprint density at radius 2 is 2.57 bits per heavy atom. The molecule has 14 heavy (non-hydrogen) atoms. The van der Waals surface area contributed by atoms with Gasteiger partial charge in [0, 0.05) is 18.3 Å². The van der Waals surface area contributed by atoms with E-state index in [-0.39, 0.29) is 6.54 Å². The topological polar surface area (TPSA) is 77.5 Å². The van der Waals surface area contributed by atoms with Crippen molar-refractivity contribution in [1.82, 2.24) is 4.57 Å². The summed E-state index contributed by atoms with van der Waals surface area (Å²) in [6.45, 7) is 1.49. The quantitative estimate of drug-likeness (QED) is 0.713. The summed E-state index contributed by atoms with van der Waals surface area (Å²) in [5.41, 5.74) is 6.09. The number of aromatic nitrogens is 1. The van der Waals surface area contributed by atoms with Gasteiger partial charge in [-0.3, -0.25) is 4.79 Å². The predicted molar refractivity (Wildman–Crippen MR) is 49.4 cm³/mol. The van der Waals surface area contributed by atoms with E-state index in [1.807, 2.05) is 10.8 Å². The number of fused-ring (bicyclic) bond motifs is 1. The Hall–Kier alpha value is -1.49. The van der Waals surface area contributed by atoms with E-state index in [0.717, 1.165) is 6.54 Å². The summed E-state index contributed by atoms with van der Waals surface area (Å²) >= 11 is 0. The zero-order valence-electron chi connectivity index (χ0n) is 7.64. The van der Waals surface area contributed by atoms with E-state index in [1.165, 1.54) is 0 Å². The SMILES string of the molecule is NCC(C(=O)O)c1ccn2c1OCC2. The summed E-state index contributed by atoms with van der Waals surface area (Å²) in [4.78, 5) is 10.9. The van der Waals surface area contributed by atoms with Crippen LogP contribution in [0.2, 0.25) is 0 Å². The predicted octanol–water partition coefficient (Wildman–Crippen LogP) is 0.00740. The second-order valence-electron chi connectivity index (χ2n) is 3.24. The molecule has 1 unspecified atom stereocenters. The van der Waals surface area contributed by atoms with Crippen LogP contribution in [0, 0.1) is 0 Å². The average molecular weight is 196 g/mol. The number of ether oxygens (including phenoxy) is 1. The maximum atomic E-state index is 10.9. The lowest BCUT2D eigenvalue weighted by molar-refractivity contribution is -0.138. The fourth-order valence-electron chi connectivity index (χ4n) is 1.68. The number of rotatable bonds is 3. The Bertz CT molecular complexity index is 359. The zero-order chi connectivity index (χ0) is 10.1. The van der Waals surface area contributed by atoms with Crippen molar-refractivity contribution in [2.24, 2.45) is 5.73 Å². The smallest absolute Gasteiger partial charge is 0.312 e. The molecule has 0 fully saturated rings. The van der Waals surface area contributed by atoms with Crippen LogP contribution in [0.25, 0.3) is 0 Å². The maximum Gasteiger partial charge on any atom is 0.312 e. The van der Waals surface area contributed by atoms with Gasteiger partial charge in [-0.05, 0) is 6.07 Å². The van der Waals surface area contributed by atoms with Gasteiger partial charge < -0.3 is 20.1 Å². The van der Waals surface area contributed by atoms with Gasteiger partial charge in [0.15, 0.2) is 5.88 Å². The number of nitrogens with zero attached hydrogens (tertiary/aromatic N) is 1. The minimum atomic E-state index is -0.906. The van der Waals surface area contributed by atoms with Gasteiger partial charge in [-0.15, -0.1) is 0 Å².